The van der Waals surface area contributed by atoms with Gasteiger partial charge in [-0.3, -0.25) is 14.9 Å². The maximum Gasteiger partial charge on any atom is 0.269 e. The van der Waals surface area contributed by atoms with Crippen LogP contribution in [0.2, 0.25) is 0 Å². The van der Waals surface area contributed by atoms with E-state index in [2.05, 4.69) is 10.4 Å². The number of hydrogen-bond donors (Lipinski definition) is 1. The van der Waals surface area contributed by atoms with Crippen molar-refractivity contribution < 1.29 is 23.9 Å². The highest BCUT2D eigenvalue weighted by molar-refractivity contribution is 7.99. The summed E-state index contributed by atoms with van der Waals surface area (Å²) in [4.78, 5) is 32.5. The first kappa shape index (κ1) is 24.7. The summed E-state index contributed by atoms with van der Waals surface area (Å²) in [6.45, 7) is 1.20. The van der Waals surface area contributed by atoms with Crippen molar-refractivity contribution in [1.82, 2.24) is 24.9 Å². The summed E-state index contributed by atoms with van der Waals surface area (Å²) in [5.74, 6) is 1.36. The van der Waals surface area contributed by atoms with E-state index < -0.39 is 4.92 Å². The number of rotatable bonds is 9. The van der Waals surface area contributed by atoms with Crippen LogP contribution < -0.4 is 14.8 Å². The fourth-order valence-electron chi connectivity index (χ4n) is 4.07. The predicted octanol–water partition coefficient (Wildman–Crippen LogP) is 3.26. The van der Waals surface area contributed by atoms with Crippen molar-refractivity contribution in [1.29, 1.82) is 0 Å². The topological polar surface area (TPSA) is 143 Å². The van der Waals surface area contributed by atoms with Crippen LogP contribution in [0.4, 0.5) is 5.69 Å². The lowest BCUT2D eigenvalue weighted by atomic mass is 10.2. The summed E-state index contributed by atoms with van der Waals surface area (Å²) in [7, 11) is 3.08. The Kier molecular flexibility index (Phi) is 7.06. The molecule has 4 aromatic rings. The van der Waals surface area contributed by atoms with Crippen molar-refractivity contribution in [2.75, 3.05) is 33.1 Å². The number of benzene rings is 2. The van der Waals surface area contributed by atoms with Crippen molar-refractivity contribution in [3.63, 3.8) is 0 Å². The second kappa shape index (κ2) is 10.6. The minimum absolute atomic E-state index is 0.0262. The molecule has 3 heterocycles. The van der Waals surface area contributed by atoms with Crippen LogP contribution >= 0.6 is 11.8 Å². The molecule has 2 aromatic carbocycles. The van der Waals surface area contributed by atoms with E-state index in [1.54, 1.807) is 43.0 Å². The molecule has 0 bridgehead atoms. The maximum absolute atomic E-state index is 12.5. The fraction of sp³-hybridized carbons (Fsp3) is 0.333. The average molecular weight is 525 g/mol. The van der Waals surface area contributed by atoms with Gasteiger partial charge in [-0.05, 0) is 31.0 Å². The van der Waals surface area contributed by atoms with E-state index in [9.17, 15) is 14.9 Å². The molecule has 37 heavy (non-hydrogen) atoms. The Morgan fingerprint density at radius 2 is 1.97 bits per heavy atom. The molecule has 1 amide bonds. The molecular formula is C24H24N6O6S. The van der Waals surface area contributed by atoms with E-state index in [1.807, 2.05) is 0 Å². The van der Waals surface area contributed by atoms with Gasteiger partial charge in [0.1, 0.15) is 0 Å². The van der Waals surface area contributed by atoms with Gasteiger partial charge in [-0.2, -0.15) is 4.52 Å². The first-order valence-corrected chi connectivity index (χ1v) is 12.5. The van der Waals surface area contributed by atoms with Crippen LogP contribution in [0.15, 0.2) is 41.6 Å². The van der Waals surface area contributed by atoms with Gasteiger partial charge in [0.05, 0.1) is 36.5 Å². The van der Waals surface area contributed by atoms with Crippen molar-refractivity contribution in [3.8, 4) is 22.9 Å². The number of nitrogens with one attached hydrogen (secondary N) is 1. The molecule has 1 fully saturated rings. The summed E-state index contributed by atoms with van der Waals surface area (Å²) in [5.41, 5.74) is 1.67. The van der Waals surface area contributed by atoms with Crippen LogP contribution in [0.3, 0.4) is 0 Å². The number of methoxy groups -OCH3 is 2. The quantitative estimate of drug-likeness (QED) is 0.150. The molecule has 5 rings (SSSR count). The van der Waals surface area contributed by atoms with Crippen LogP contribution in [0, 0.1) is 10.1 Å². The molecule has 2 aromatic heterocycles. The molecule has 1 aliphatic heterocycles. The van der Waals surface area contributed by atoms with Gasteiger partial charge in [-0.15, -0.1) is 5.10 Å². The number of hydrogen-bond acceptors (Lipinski definition) is 10. The Balaban J connectivity index is 1.51. The number of carbonyl (C=O) groups is 1. The van der Waals surface area contributed by atoms with Crippen LogP contribution in [-0.4, -0.2) is 69.6 Å². The van der Waals surface area contributed by atoms with Crippen molar-refractivity contribution >= 4 is 39.9 Å². The maximum atomic E-state index is 12.5. The normalized spacial score (nSPS) is 15.2. The number of ether oxygens (including phenoxy) is 3. The van der Waals surface area contributed by atoms with Gasteiger partial charge in [0, 0.05) is 42.3 Å². The summed E-state index contributed by atoms with van der Waals surface area (Å²) >= 11 is 1.23. The highest BCUT2D eigenvalue weighted by Gasteiger charge is 2.20. The third kappa shape index (κ3) is 5.13. The molecule has 1 atom stereocenters. The molecule has 1 aliphatic rings. The third-order valence-electron chi connectivity index (χ3n) is 5.97. The standard InChI is InChI=1S/C24H24N6O6S/c1-34-19-10-17-18(11-20(19)35-2)26-24(37-13-21(31)25-12-16-4-3-9-36-16)29-23(17)27-22(28-29)14-5-7-15(8-6-14)30(32)33/h5-8,10-11,16H,3-4,9,12-13H2,1-2H3,(H,25,31)/t16-/m0/s1. The zero-order valence-corrected chi connectivity index (χ0v) is 21.0. The summed E-state index contributed by atoms with van der Waals surface area (Å²) in [6, 6.07) is 9.51. The van der Waals surface area contributed by atoms with Crippen LogP contribution in [0.25, 0.3) is 27.9 Å². The van der Waals surface area contributed by atoms with Gasteiger partial charge < -0.3 is 19.5 Å². The lowest BCUT2D eigenvalue weighted by Crippen LogP contribution is -2.32. The third-order valence-corrected chi connectivity index (χ3v) is 6.90. The molecule has 192 valence electrons. The zero-order valence-electron chi connectivity index (χ0n) is 20.2. The van der Waals surface area contributed by atoms with Gasteiger partial charge >= 0.3 is 0 Å². The number of aromatic nitrogens is 4. The lowest BCUT2D eigenvalue weighted by Gasteiger charge is -2.12. The number of fused-ring (bicyclic) bond motifs is 3. The Bertz CT molecular complexity index is 1470. The molecule has 0 saturated carbocycles. The molecular weight excluding hydrogens is 500 g/mol. The van der Waals surface area contributed by atoms with Crippen molar-refractivity contribution in [3.05, 3.63) is 46.5 Å². The highest BCUT2D eigenvalue weighted by Crippen LogP contribution is 2.35. The highest BCUT2D eigenvalue weighted by atomic mass is 32.2. The van der Waals surface area contributed by atoms with Gasteiger partial charge in [0.2, 0.25) is 5.91 Å². The van der Waals surface area contributed by atoms with E-state index in [0.717, 1.165) is 19.4 Å². The lowest BCUT2D eigenvalue weighted by molar-refractivity contribution is -0.384. The molecule has 12 nitrogen and oxygen atoms in total. The molecule has 1 N–H and O–H groups in total. The minimum Gasteiger partial charge on any atom is -0.493 e. The fourth-order valence-corrected chi connectivity index (χ4v) is 4.85. The smallest absolute Gasteiger partial charge is 0.269 e. The van der Waals surface area contributed by atoms with Crippen molar-refractivity contribution in [2.24, 2.45) is 0 Å². The van der Waals surface area contributed by atoms with Gasteiger partial charge in [-0.25, -0.2) is 9.97 Å². The van der Waals surface area contributed by atoms with E-state index in [1.165, 1.54) is 23.9 Å². The molecule has 0 spiro atoms. The Labute approximate surface area is 215 Å². The Morgan fingerprint density at radius 3 is 2.65 bits per heavy atom. The summed E-state index contributed by atoms with van der Waals surface area (Å²) in [6.07, 6.45) is 2.00. The van der Waals surface area contributed by atoms with E-state index >= 15 is 0 Å². The second-order valence-corrected chi connectivity index (χ2v) is 9.26. The predicted molar refractivity (Wildman–Crippen MR) is 136 cm³/mol. The van der Waals surface area contributed by atoms with Crippen LogP contribution in [0.1, 0.15) is 12.8 Å². The summed E-state index contributed by atoms with van der Waals surface area (Å²) in [5, 5.41) is 19.7. The second-order valence-electron chi connectivity index (χ2n) is 8.32. The molecule has 0 unspecified atom stereocenters. The minimum atomic E-state index is -0.462. The largest absolute Gasteiger partial charge is 0.493 e. The van der Waals surface area contributed by atoms with E-state index in [-0.39, 0.29) is 23.5 Å². The number of carbonyl (C=O) groups excluding carboxylic acids is 1. The molecule has 0 radical (unpaired) electrons. The van der Waals surface area contributed by atoms with Gasteiger partial charge in [-0.1, -0.05) is 11.8 Å². The Morgan fingerprint density at radius 1 is 1.22 bits per heavy atom. The van der Waals surface area contributed by atoms with Gasteiger partial charge in [0.25, 0.3) is 5.69 Å². The van der Waals surface area contributed by atoms with Gasteiger partial charge in [0.15, 0.2) is 28.1 Å². The first-order chi connectivity index (χ1) is 18.0. The van der Waals surface area contributed by atoms with Crippen LogP contribution in [-0.2, 0) is 9.53 Å². The molecule has 13 heteroatoms. The Hall–Kier alpha value is -3.97. The number of non-ortho nitro benzene ring substituents is 1. The monoisotopic (exact) mass is 524 g/mol. The molecule has 0 aliphatic carbocycles. The SMILES string of the molecule is COc1cc2nc(SCC(=O)NC[C@@H]3CCCO3)n3nc(-c4ccc([N+](=O)[O-])cc4)nc3c2cc1OC. The summed E-state index contributed by atoms with van der Waals surface area (Å²) < 4.78 is 18.0. The zero-order chi connectivity index (χ0) is 25.9. The number of nitro groups is 1. The van der Waals surface area contributed by atoms with E-state index in [4.69, 9.17) is 24.2 Å². The average Bonchev–Trinajstić information content (AvgIpc) is 3.60. The first-order valence-electron chi connectivity index (χ1n) is 11.5. The van der Waals surface area contributed by atoms with Crippen LogP contribution in [0.5, 0.6) is 11.5 Å². The number of amides is 1. The number of thioether (sulfide) groups is 1. The number of nitro benzene ring substituents is 1. The van der Waals surface area contributed by atoms with Crippen molar-refractivity contribution in [2.45, 2.75) is 24.1 Å². The number of nitrogens with zero attached hydrogens (tertiary/aromatic N) is 5. The van der Waals surface area contributed by atoms with E-state index in [0.29, 0.717) is 51.1 Å². The molecule has 1 saturated heterocycles.